The standard InChI is InChI=1S/C14H11Cl3N4O2/c1-23-8-4-2-7(3-5-8)6-19-21-14(22)12-9(15)11(18)10(16)13(17)20-12/h2-6H,1H3,(H2,18,20)(H,21,22)/p+1/b19-6-. The van der Waals surface area contributed by atoms with E-state index in [4.69, 9.17) is 45.3 Å². The van der Waals surface area contributed by atoms with Crippen molar-refractivity contribution in [1.82, 2.24) is 5.43 Å². The predicted octanol–water partition coefficient (Wildman–Crippen LogP) is 2.82. The molecule has 0 spiro atoms. The third kappa shape index (κ3) is 4.04. The lowest BCUT2D eigenvalue weighted by Crippen LogP contribution is -2.28. The van der Waals surface area contributed by atoms with Crippen molar-refractivity contribution in [3.05, 3.63) is 50.7 Å². The molecule has 23 heavy (non-hydrogen) atoms. The van der Waals surface area contributed by atoms with Gasteiger partial charge in [-0.2, -0.15) is 10.1 Å². The Hall–Kier alpha value is -2.02. The second-order valence-corrected chi connectivity index (χ2v) is 5.46. The maximum Gasteiger partial charge on any atom is 0.337 e. The van der Waals surface area contributed by atoms with Crippen molar-refractivity contribution < 1.29 is 14.5 Å². The van der Waals surface area contributed by atoms with Crippen LogP contribution in [0.1, 0.15) is 16.1 Å². The summed E-state index contributed by atoms with van der Waals surface area (Å²) in [4.78, 5) is 14.6. The number of hydrogen-bond acceptors (Lipinski definition) is 4. The minimum absolute atomic E-state index is 0.0119. The molecule has 0 fully saturated rings. The molecule has 1 amide bonds. The van der Waals surface area contributed by atoms with Gasteiger partial charge in [-0.15, -0.1) is 0 Å². The zero-order chi connectivity index (χ0) is 17.0. The fourth-order valence-corrected chi connectivity index (χ4v) is 2.25. The molecule has 9 heteroatoms. The minimum atomic E-state index is -0.606. The number of hydrogen-bond donors (Lipinski definition) is 2. The lowest BCUT2D eigenvalue weighted by Gasteiger charge is -2.02. The zero-order valence-corrected chi connectivity index (χ0v) is 14.1. The molecule has 1 heterocycles. The van der Waals surface area contributed by atoms with Gasteiger partial charge in [0.05, 0.1) is 19.0 Å². The molecular weight excluding hydrogens is 363 g/mol. The molecule has 0 saturated heterocycles. The van der Waals surface area contributed by atoms with E-state index in [0.29, 0.717) is 0 Å². The molecule has 0 saturated carbocycles. The van der Waals surface area contributed by atoms with Gasteiger partial charge >= 0.3 is 5.91 Å². The van der Waals surface area contributed by atoms with Crippen LogP contribution in [0.4, 0.5) is 5.69 Å². The molecule has 0 radical (unpaired) electrons. The van der Waals surface area contributed by atoms with Gasteiger partial charge in [0.2, 0.25) is 0 Å². The Morgan fingerprint density at radius 2 is 1.91 bits per heavy atom. The number of aromatic amines is 1. The van der Waals surface area contributed by atoms with Gasteiger partial charge in [0, 0.05) is 0 Å². The zero-order valence-electron chi connectivity index (χ0n) is 11.9. The van der Waals surface area contributed by atoms with Crippen molar-refractivity contribution in [2.75, 3.05) is 12.8 Å². The van der Waals surface area contributed by atoms with Gasteiger partial charge in [-0.25, -0.2) is 5.43 Å². The van der Waals surface area contributed by atoms with E-state index in [1.807, 2.05) is 0 Å². The molecule has 0 aliphatic rings. The molecule has 0 bridgehead atoms. The number of rotatable bonds is 4. The van der Waals surface area contributed by atoms with Crippen molar-refractivity contribution in [2.45, 2.75) is 0 Å². The van der Waals surface area contributed by atoms with Crippen LogP contribution in [-0.2, 0) is 0 Å². The SMILES string of the molecule is COc1ccc(/C=N\NC(=O)c2[nH+]c(Cl)c(Cl)c(N)c2Cl)cc1. The molecular formula is C14H12Cl3N4O2+. The van der Waals surface area contributed by atoms with Crippen molar-refractivity contribution in [3.8, 4) is 5.75 Å². The number of methoxy groups -OCH3 is 1. The number of aromatic nitrogens is 1. The number of H-pyrrole nitrogens is 1. The largest absolute Gasteiger partial charge is 0.497 e. The molecule has 0 unspecified atom stereocenters. The summed E-state index contributed by atoms with van der Waals surface area (Å²) < 4.78 is 5.05. The fourth-order valence-electron chi connectivity index (χ4n) is 1.64. The number of nitrogens with two attached hydrogens (primary N) is 1. The second kappa shape index (κ2) is 7.50. The molecule has 1 aromatic carbocycles. The average Bonchev–Trinajstić information content (AvgIpc) is 2.56. The lowest BCUT2D eigenvalue weighted by molar-refractivity contribution is -0.379. The van der Waals surface area contributed by atoms with Crippen LogP contribution in [0.5, 0.6) is 5.75 Å². The van der Waals surface area contributed by atoms with E-state index in [2.05, 4.69) is 15.5 Å². The first kappa shape index (κ1) is 17.3. The van der Waals surface area contributed by atoms with Gasteiger partial charge in [-0.1, -0.05) is 23.2 Å². The van der Waals surface area contributed by atoms with Crippen LogP contribution in [0, 0.1) is 0 Å². The summed E-state index contributed by atoms with van der Waals surface area (Å²) in [6, 6.07) is 7.11. The molecule has 120 valence electrons. The quantitative estimate of drug-likeness (QED) is 0.490. The van der Waals surface area contributed by atoms with Crippen LogP contribution >= 0.6 is 34.8 Å². The van der Waals surface area contributed by atoms with Crippen LogP contribution in [0.3, 0.4) is 0 Å². The van der Waals surface area contributed by atoms with Crippen LogP contribution < -0.4 is 20.9 Å². The summed E-state index contributed by atoms with van der Waals surface area (Å²) in [6.07, 6.45) is 1.46. The number of ether oxygens (including phenoxy) is 1. The highest BCUT2D eigenvalue weighted by atomic mass is 35.5. The van der Waals surface area contributed by atoms with Crippen LogP contribution in [0.15, 0.2) is 29.4 Å². The second-order valence-electron chi connectivity index (χ2n) is 4.33. The highest BCUT2D eigenvalue weighted by Crippen LogP contribution is 2.31. The Morgan fingerprint density at radius 1 is 1.26 bits per heavy atom. The highest BCUT2D eigenvalue weighted by molar-refractivity contribution is 6.45. The summed E-state index contributed by atoms with van der Waals surface area (Å²) >= 11 is 17.6. The van der Waals surface area contributed by atoms with Crippen molar-refractivity contribution in [1.29, 1.82) is 0 Å². The van der Waals surface area contributed by atoms with E-state index in [-0.39, 0.29) is 26.6 Å². The number of nitrogen functional groups attached to an aromatic ring is 1. The summed E-state index contributed by atoms with van der Waals surface area (Å²) in [5.74, 6) is 0.115. The minimum Gasteiger partial charge on any atom is -0.497 e. The van der Waals surface area contributed by atoms with E-state index in [9.17, 15) is 4.79 Å². The van der Waals surface area contributed by atoms with Crippen LogP contribution in [0.2, 0.25) is 15.2 Å². The first-order chi connectivity index (χ1) is 10.9. The van der Waals surface area contributed by atoms with Crippen LogP contribution in [-0.4, -0.2) is 19.2 Å². The lowest BCUT2D eigenvalue weighted by atomic mass is 10.2. The molecule has 6 nitrogen and oxygen atoms in total. The Morgan fingerprint density at radius 3 is 2.52 bits per heavy atom. The Kier molecular flexibility index (Phi) is 5.65. The number of halogens is 3. The maximum absolute atomic E-state index is 12.1. The summed E-state index contributed by atoms with van der Waals surface area (Å²) in [5, 5.41) is 3.87. The molecule has 0 aliphatic heterocycles. The number of hydrazone groups is 1. The third-order valence-electron chi connectivity index (χ3n) is 2.84. The van der Waals surface area contributed by atoms with Gasteiger partial charge in [0.1, 0.15) is 15.8 Å². The van der Waals surface area contributed by atoms with E-state index in [0.717, 1.165) is 11.3 Å². The monoisotopic (exact) mass is 373 g/mol. The van der Waals surface area contributed by atoms with E-state index in [1.54, 1.807) is 31.4 Å². The summed E-state index contributed by atoms with van der Waals surface area (Å²) in [5.41, 5.74) is 8.74. The first-order valence-electron chi connectivity index (χ1n) is 6.26. The van der Waals surface area contributed by atoms with Gasteiger partial charge in [-0.3, -0.25) is 4.79 Å². The van der Waals surface area contributed by atoms with Gasteiger partial charge in [0.25, 0.3) is 10.8 Å². The summed E-state index contributed by atoms with van der Waals surface area (Å²) in [7, 11) is 1.58. The van der Waals surface area contributed by atoms with Crippen molar-refractivity contribution in [3.63, 3.8) is 0 Å². The number of anilines is 1. The number of amides is 1. The normalized spacial score (nSPS) is 10.8. The summed E-state index contributed by atoms with van der Waals surface area (Å²) in [6.45, 7) is 0. The number of pyridine rings is 1. The highest BCUT2D eigenvalue weighted by Gasteiger charge is 2.25. The molecule has 0 atom stereocenters. The van der Waals surface area contributed by atoms with E-state index >= 15 is 0 Å². The molecule has 2 aromatic rings. The Labute approximate surface area is 147 Å². The van der Waals surface area contributed by atoms with Gasteiger partial charge in [-0.05, 0) is 41.4 Å². The maximum atomic E-state index is 12.1. The molecule has 2 rings (SSSR count). The average molecular weight is 375 g/mol. The van der Waals surface area contributed by atoms with E-state index in [1.165, 1.54) is 6.21 Å². The van der Waals surface area contributed by atoms with E-state index < -0.39 is 5.91 Å². The Balaban J connectivity index is 2.11. The topological polar surface area (TPSA) is 90.8 Å². The number of carbonyl (C=O) groups is 1. The van der Waals surface area contributed by atoms with Crippen molar-refractivity contribution in [2.24, 2.45) is 5.10 Å². The van der Waals surface area contributed by atoms with Crippen molar-refractivity contribution >= 4 is 52.6 Å². The van der Waals surface area contributed by atoms with Crippen LogP contribution in [0.25, 0.3) is 0 Å². The number of benzene rings is 1. The van der Waals surface area contributed by atoms with Gasteiger partial charge < -0.3 is 10.5 Å². The number of carbonyl (C=O) groups excluding carboxylic acids is 1. The third-order valence-corrected chi connectivity index (χ3v) is 4.01. The predicted molar refractivity (Wildman–Crippen MR) is 90.5 cm³/mol. The fraction of sp³-hybridized carbons (Fsp3) is 0.0714. The Bertz CT molecular complexity index is 764. The molecule has 4 N–H and O–H groups in total. The number of nitrogens with zero attached hydrogens (tertiary/aromatic N) is 1. The van der Waals surface area contributed by atoms with Gasteiger partial charge in [0.15, 0.2) is 0 Å². The first-order valence-corrected chi connectivity index (χ1v) is 7.40. The molecule has 0 aliphatic carbocycles. The molecule has 1 aromatic heterocycles. The number of nitrogens with one attached hydrogen (secondary N) is 2. The smallest absolute Gasteiger partial charge is 0.337 e.